The fourth-order valence-corrected chi connectivity index (χ4v) is 3.72. The van der Waals surface area contributed by atoms with E-state index in [1.54, 1.807) is 4.90 Å². The molecule has 9 heteroatoms. The number of hydrogen-bond donors (Lipinski definition) is 0. The molecular weight excluding hydrogens is 346 g/mol. The number of carbonyl (C=O) groups is 1. The third-order valence-corrected chi connectivity index (χ3v) is 5.40. The van der Waals surface area contributed by atoms with Crippen molar-refractivity contribution in [2.45, 2.75) is 37.3 Å². The highest BCUT2D eigenvalue weighted by molar-refractivity contribution is 5.93. The first-order valence-corrected chi connectivity index (χ1v) is 9.04. The SMILES string of the molecule is O=C(c1cnc(N2CC(F)(F)C2)c(OCC2CC2)n1)N1CC2CC1CO2. The number of rotatable bonds is 5. The number of amides is 1. The Balaban J connectivity index is 1.37. The normalized spacial score (nSPS) is 29.0. The average molecular weight is 366 g/mol. The van der Waals surface area contributed by atoms with Crippen LogP contribution in [-0.2, 0) is 4.74 Å². The van der Waals surface area contributed by atoms with Gasteiger partial charge in [0.05, 0.1) is 44.6 Å². The Hall–Kier alpha value is -2.03. The Kier molecular flexibility index (Phi) is 3.57. The van der Waals surface area contributed by atoms with E-state index in [0.29, 0.717) is 31.5 Å². The van der Waals surface area contributed by atoms with Gasteiger partial charge in [0, 0.05) is 6.54 Å². The summed E-state index contributed by atoms with van der Waals surface area (Å²) in [5, 5.41) is 0. The highest BCUT2D eigenvalue weighted by Crippen LogP contribution is 2.37. The molecule has 7 nitrogen and oxygen atoms in total. The van der Waals surface area contributed by atoms with Gasteiger partial charge >= 0.3 is 0 Å². The van der Waals surface area contributed by atoms with Crippen molar-refractivity contribution in [3.05, 3.63) is 11.9 Å². The zero-order valence-corrected chi connectivity index (χ0v) is 14.2. The number of likely N-dealkylation sites (tertiary alicyclic amines) is 1. The van der Waals surface area contributed by atoms with Crippen LogP contribution in [0.2, 0.25) is 0 Å². The lowest BCUT2D eigenvalue weighted by atomic mass is 10.1. The van der Waals surface area contributed by atoms with Gasteiger partial charge < -0.3 is 19.3 Å². The lowest BCUT2D eigenvalue weighted by Gasteiger charge is -2.39. The van der Waals surface area contributed by atoms with E-state index in [0.717, 1.165) is 19.3 Å². The Bertz CT molecular complexity index is 735. The lowest BCUT2D eigenvalue weighted by molar-refractivity contribution is -0.0270. The summed E-state index contributed by atoms with van der Waals surface area (Å²) in [6, 6.07) is 0.0823. The minimum absolute atomic E-state index is 0.0823. The molecule has 26 heavy (non-hydrogen) atoms. The molecule has 1 amide bonds. The number of alkyl halides is 2. The molecule has 3 saturated heterocycles. The van der Waals surface area contributed by atoms with Crippen LogP contribution in [0.25, 0.3) is 0 Å². The second-order valence-electron chi connectivity index (χ2n) is 7.65. The summed E-state index contributed by atoms with van der Waals surface area (Å²) in [6.07, 6.45) is 4.51. The van der Waals surface area contributed by atoms with E-state index in [4.69, 9.17) is 9.47 Å². The molecule has 0 radical (unpaired) electrons. The van der Waals surface area contributed by atoms with Crippen molar-refractivity contribution in [2.24, 2.45) is 5.92 Å². The van der Waals surface area contributed by atoms with Gasteiger partial charge in [-0.15, -0.1) is 0 Å². The predicted molar refractivity (Wildman–Crippen MR) is 86.6 cm³/mol. The summed E-state index contributed by atoms with van der Waals surface area (Å²) in [5.74, 6) is -1.96. The predicted octanol–water partition coefficient (Wildman–Crippen LogP) is 1.33. The fourth-order valence-electron chi connectivity index (χ4n) is 3.72. The van der Waals surface area contributed by atoms with Gasteiger partial charge in [-0.25, -0.2) is 18.7 Å². The molecule has 5 rings (SSSR count). The van der Waals surface area contributed by atoms with Crippen molar-refractivity contribution in [1.82, 2.24) is 14.9 Å². The van der Waals surface area contributed by atoms with E-state index in [9.17, 15) is 13.6 Å². The number of carbonyl (C=O) groups excluding carboxylic acids is 1. The van der Waals surface area contributed by atoms with Crippen LogP contribution in [0.3, 0.4) is 0 Å². The van der Waals surface area contributed by atoms with Crippen LogP contribution in [-0.4, -0.2) is 71.7 Å². The number of fused-ring (bicyclic) bond motifs is 2. The molecule has 0 aromatic carbocycles. The van der Waals surface area contributed by atoms with E-state index in [2.05, 4.69) is 9.97 Å². The van der Waals surface area contributed by atoms with Crippen molar-refractivity contribution in [3.8, 4) is 5.88 Å². The first-order valence-electron chi connectivity index (χ1n) is 9.04. The van der Waals surface area contributed by atoms with Gasteiger partial charge in [0.25, 0.3) is 17.7 Å². The zero-order valence-electron chi connectivity index (χ0n) is 14.2. The Morgan fingerprint density at radius 3 is 2.81 bits per heavy atom. The molecule has 1 aliphatic carbocycles. The largest absolute Gasteiger partial charge is 0.475 e. The maximum Gasteiger partial charge on any atom is 0.282 e. The van der Waals surface area contributed by atoms with Crippen molar-refractivity contribution in [1.29, 1.82) is 0 Å². The molecule has 2 atom stereocenters. The summed E-state index contributed by atoms with van der Waals surface area (Å²) in [6.45, 7) is 0.787. The minimum Gasteiger partial charge on any atom is -0.475 e. The van der Waals surface area contributed by atoms with E-state index in [1.165, 1.54) is 11.1 Å². The maximum atomic E-state index is 13.2. The minimum atomic E-state index is -2.71. The van der Waals surface area contributed by atoms with Gasteiger partial charge in [0.15, 0.2) is 11.5 Å². The number of morpholine rings is 1. The first-order chi connectivity index (χ1) is 12.5. The number of aromatic nitrogens is 2. The molecular formula is C17H20F2N4O3. The van der Waals surface area contributed by atoms with Crippen molar-refractivity contribution in [2.75, 3.05) is 37.7 Å². The van der Waals surface area contributed by atoms with Crippen molar-refractivity contribution in [3.63, 3.8) is 0 Å². The van der Waals surface area contributed by atoms with E-state index < -0.39 is 19.0 Å². The average Bonchev–Trinajstić information content (AvgIpc) is 3.19. The molecule has 1 aromatic rings. The van der Waals surface area contributed by atoms with Crippen LogP contribution in [0, 0.1) is 5.92 Å². The van der Waals surface area contributed by atoms with E-state index in [-0.39, 0.29) is 29.6 Å². The highest BCUT2D eigenvalue weighted by atomic mass is 19.3. The third-order valence-electron chi connectivity index (χ3n) is 5.40. The zero-order chi connectivity index (χ0) is 17.9. The van der Waals surface area contributed by atoms with Gasteiger partial charge in [0.2, 0.25) is 0 Å². The summed E-state index contributed by atoms with van der Waals surface area (Å²) in [4.78, 5) is 24.6. The second kappa shape index (κ2) is 5.73. The van der Waals surface area contributed by atoms with Crippen LogP contribution in [0.5, 0.6) is 5.88 Å². The van der Waals surface area contributed by atoms with Gasteiger partial charge in [-0.1, -0.05) is 0 Å². The summed E-state index contributed by atoms with van der Waals surface area (Å²) < 4.78 is 37.7. The summed E-state index contributed by atoms with van der Waals surface area (Å²) in [7, 11) is 0. The molecule has 0 spiro atoms. The Morgan fingerprint density at radius 1 is 1.38 bits per heavy atom. The van der Waals surface area contributed by atoms with Crippen LogP contribution >= 0.6 is 0 Å². The van der Waals surface area contributed by atoms with Crippen LogP contribution in [0.15, 0.2) is 6.20 Å². The molecule has 140 valence electrons. The molecule has 4 heterocycles. The van der Waals surface area contributed by atoms with Crippen LogP contribution in [0.4, 0.5) is 14.6 Å². The molecule has 2 unspecified atom stereocenters. The number of nitrogens with zero attached hydrogens (tertiary/aromatic N) is 4. The number of hydrogen-bond acceptors (Lipinski definition) is 6. The molecule has 1 saturated carbocycles. The first kappa shape index (κ1) is 16.2. The molecule has 1 aromatic heterocycles. The van der Waals surface area contributed by atoms with Crippen molar-refractivity contribution >= 4 is 11.7 Å². The van der Waals surface area contributed by atoms with E-state index >= 15 is 0 Å². The molecule has 2 bridgehead atoms. The fraction of sp³-hybridized carbons (Fsp3) is 0.706. The van der Waals surface area contributed by atoms with Gasteiger partial charge in [-0.05, 0) is 25.2 Å². The molecule has 3 aliphatic heterocycles. The van der Waals surface area contributed by atoms with Gasteiger partial charge in [-0.2, -0.15) is 0 Å². The van der Waals surface area contributed by atoms with Gasteiger partial charge in [-0.3, -0.25) is 4.79 Å². The summed E-state index contributed by atoms with van der Waals surface area (Å²) in [5.41, 5.74) is 0.194. The Labute approximate surface area is 149 Å². The number of ether oxygens (including phenoxy) is 2. The van der Waals surface area contributed by atoms with Crippen LogP contribution in [0.1, 0.15) is 29.8 Å². The molecule has 0 N–H and O–H groups in total. The van der Waals surface area contributed by atoms with Crippen LogP contribution < -0.4 is 9.64 Å². The maximum absolute atomic E-state index is 13.2. The smallest absolute Gasteiger partial charge is 0.282 e. The lowest BCUT2D eigenvalue weighted by Crippen LogP contribution is -2.56. The standard InChI is InChI=1S/C17H20F2N4O3/c18-17(19)8-22(9-17)14-15(26-6-10-1-2-10)21-13(4-20-14)16(24)23-5-12-3-11(23)7-25-12/h4,10-12H,1-3,5-9H2. The molecule has 4 fully saturated rings. The summed E-state index contributed by atoms with van der Waals surface area (Å²) >= 11 is 0. The topological polar surface area (TPSA) is 67.8 Å². The third kappa shape index (κ3) is 2.87. The van der Waals surface area contributed by atoms with Crippen molar-refractivity contribution < 1.29 is 23.0 Å². The number of anilines is 1. The van der Waals surface area contributed by atoms with Gasteiger partial charge in [0.1, 0.15) is 0 Å². The quantitative estimate of drug-likeness (QED) is 0.783. The highest BCUT2D eigenvalue weighted by Gasteiger charge is 2.46. The van der Waals surface area contributed by atoms with E-state index in [1.807, 2.05) is 0 Å². The second-order valence-corrected chi connectivity index (χ2v) is 7.65. The number of halogens is 2. The molecule has 4 aliphatic rings. The Morgan fingerprint density at radius 2 is 2.19 bits per heavy atom. The monoisotopic (exact) mass is 366 g/mol.